The number of rotatable bonds is 21. The third kappa shape index (κ3) is 15.2. The van der Waals surface area contributed by atoms with E-state index >= 15 is 0 Å². The molecule has 0 amide bonds. The fourth-order valence-electron chi connectivity index (χ4n) is 3.49. The van der Waals surface area contributed by atoms with Crippen molar-refractivity contribution in [3.05, 3.63) is 0 Å². The molecule has 0 bridgehead atoms. The van der Waals surface area contributed by atoms with Crippen molar-refractivity contribution in [3.63, 3.8) is 0 Å². The third-order valence-electron chi connectivity index (χ3n) is 5.42. The molecule has 7 heteroatoms. The SMILES string of the molecule is CCCCCCCCCCCCN(CCCOC)C[C@@H](O)[C@@H](O)[C@@H](O)[C@H](O)CO. The molecule has 176 valence electrons. The Kier molecular flexibility index (Phi) is 19.5. The van der Waals surface area contributed by atoms with Crippen molar-refractivity contribution in [2.45, 2.75) is 102 Å². The van der Waals surface area contributed by atoms with Crippen LogP contribution in [-0.2, 0) is 4.74 Å². The lowest BCUT2D eigenvalue weighted by Crippen LogP contribution is -2.50. The van der Waals surface area contributed by atoms with Crippen LogP contribution in [0.25, 0.3) is 0 Å². The summed E-state index contributed by atoms with van der Waals surface area (Å²) in [6.45, 7) is 3.94. The fraction of sp³-hybridized carbons (Fsp3) is 1.00. The molecule has 0 saturated heterocycles. The lowest BCUT2D eigenvalue weighted by molar-refractivity contribution is -0.119. The smallest absolute Gasteiger partial charge is 0.111 e. The highest BCUT2D eigenvalue weighted by atomic mass is 16.5. The first-order valence-corrected chi connectivity index (χ1v) is 11.5. The van der Waals surface area contributed by atoms with Crippen molar-refractivity contribution in [1.29, 1.82) is 0 Å². The average molecular weight is 422 g/mol. The van der Waals surface area contributed by atoms with Gasteiger partial charge in [0.1, 0.15) is 18.3 Å². The number of ether oxygens (including phenoxy) is 1. The average Bonchev–Trinajstić information content (AvgIpc) is 2.73. The maximum atomic E-state index is 10.2. The van der Waals surface area contributed by atoms with Gasteiger partial charge in [-0.25, -0.2) is 0 Å². The number of nitrogens with zero attached hydrogens (tertiary/aromatic N) is 1. The second-order valence-electron chi connectivity index (χ2n) is 8.13. The molecule has 0 rings (SSSR count). The first-order valence-electron chi connectivity index (χ1n) is 11.5. The highest BCUT2D eigenvalue weighted by molar-refractivity contribution is 4.82. The van der Waals surface area contributed by atoms with Gasteiger partial charge in [-0.15, -0.1) is 0 Å². The summed E-state index contributed by atoms with van der Waals surface area (Å²) < 4.78 is 5.09. The molecule has 29 heavy (non-hydrogen) atoms. The molecule has 0 aromatic carbocycles. The predicted octanol–water partition coefficient (Wildman–Crippen LogP) is 1.68. The van der Waals surface area contributed by atoms with Gasteiger partial charge in [0.2, 0.25) is 0 Å². The summed E-state index contributed by atoms with van der Waals surface area (Å²) in [5.74, 6) is 0. The Bertz CT molecular complexity index is 347. The normalized spacial score (nSPS) is 16.1. The molecular formula is C22H47NO6. The van der Waals surface area contributed by atoms with Crippen LogP contribution in [0.5, 0.6) is 0 Å². The maximum absolute atomic E-state index is 10.2. The molecule has 0 aromatic rings. The third-order valence-corrected chi connectivity index (χ3v) is 5.42. The minimum absolute atomic E-state index is 0.206. The summed E-state index contributed by atoms with van der Waals surface area (Å²) in [4.78, 5) is 2.07. The van der Waals surface area contributed by atoms with Gasteiger partial charge in [0.15, 0.2) is 0 Å². The summed E-state index contributed by atoms with van der Waals surface area (Å²) in [7, 11) is 1.65. The molecular weight excluding hydrogens is 374 g/mol. The molecule has 4 atom stereocenters. The molecule has 0 aromatic heterocycles. The van der Waals surface area contributed by atoms with Crippen molar-refractivity contribution in [3.8, 4) is 0 Å². The van der Waals surface area contributed by atoms with E-state index in [9.17, 15) is 20.4 Å². The van der Waals surface area contributed by atoms with Crippen LogP contribution in [0.4, 0.5) is 0 Å². The van der Waals surface area contributed by atoms with Crippen molar-refractivity contribution in [2.24, 2.45) is 0 Å². The van der Waals surface area contributed by atoms with Crippen molar-refractivity contribution < 1.29 is 30.3 Å². The molecule has 0 spiro atoms. The number of methoxy groups -OCH3 is 1. The molecule has 0 aliphatic rings. The Labute approximate surface area is 177 Å². The number of unbranched alkanes of at least 4 members (excludes halogenated alkanes) is 9. The van der Waals surface area contributed by atoms with Crippen LogP contribution in [0.2, 0.25) is 0 Å². The van der Waals surface area contributed by atoms with Crippen LogP contribution < -0.4 is 0 Å². The van der Waals surface area contributed by atoms with Crippen LogP contribution >= 0.6 is 0 Å². The van der Waals surface area contributed by atoms with Crippen molar-refractivity contribution in [1.82, 2.24) is 4.90 Å². The Morgan fingerprint density at radius 1 is 0.690 bits per heavy atom. The van der Waals surface area contributed by atoms with E-state index in [1.807, 2.05) is 0 Å². The Hall–Kier alpha value is -0.280. The zero-order valence-electron chi connectivity index (χ0n) is 18.7. The second-order valence-corrected chi connectivity index (χ2v) is 8.13. The van der Waals surface area contributed by atoms with Gasteiger partial charge >= 0.3 is 0 Å². The Morgan fingerprint density at radius 3 is 1.69 bits per heavy atom. The first kappa shape index (κ1) is 28.7. The van der Waals surface area contributed by atoms with Gasteiger partial charge in [0.05, 0.1) is 12.7 Å². The van der Waals surface area contributed by atoms with Crippen molar-refractivity contribution in [2.75, 3.05) is 40.0 Å². The lowest BCUT2D eigenvalue weighted by Gasteiger charge is -2.30. The van der Waals surface area contributed by atoms with Crippen LogP contribution in [0, 0.1) is 0 Å². The van der Waals surface area contributed by atoms with E-state index in [1.54, 1.807) is 7.11 Å². The minimum atomic E-state index is -1.58. The van der Waals surface area contributed by atoms with Gasteiger partial charge in [-0.1, -0.05) is 64.7 Å². The molecule has 0 radical (unpaired) electrons. The summed E-state index contributed by atoms with van der Waals surface area (Å²) in [5.41, 5.74) is 0. The van der Waals surface area contributed by atoms with Gasteiger partial charge < -0.3 is 35.2 Å². The summed E-state index contributed by atoms with van der Waals surface area (Å²) in [6, 6.07) is 0. The Morgan fingerprint density at radius 2 is 1.17 bits per heavy atom. The molecule has 0 aliphatic heterocycles. The summed E-state index contributed by atoms with van der Waals surface area (Å²) in [6.07, 6.45) is 7.67. The van der Waals surface area contributed by atoms with Crippen LogP contribution in [0.1, 0.15) is 77.6 Å². The zero-order valence-corrected chi connectivity index (χ0v) is 18.7. The van der Waals surface area contributed by atoms with E-state index < -0.39 is 31.0 Å². The predicted molar refractivity (Wildman–Crippen MR) is 116 cm³/mol. The van der Waals surface area contributed by atoms with Gasteiger partial charge in [0, 0.05) is 26.8 Å². The molecule has 0 saturated carbocycles. The standard InChI is InChI=1S/C22H47NO6/c1-3-4-5-6-7-8-9-10-11-12-14-23(15-13-16-29-2)17-19(25)21(27)22(28)20(26)18-24/h19-22,24-28H,3-18H2,1-2H3/t19-,20-,21-,22+/m1/s1. The summed E-state index contributed by atoms with van der Waals surface area (Å²) >= 11 is 0. The van der Waals surface area contributed by atoms with Gasteiger partial charge in [0.25, 0.3) is 0 Å². The number of hydrogen-bond acceptors (Lipinski definition) is 7. The van der Waals surface area contributed by atoms with E-state index in [1.165, 1.54) is 51.4 Å². The molecule has 0 fully saturated rings. The second kappa shape index (κ2) is 19.7. The highest BCUT2D eigenvalue weighted by Crippen LogP contribution is 2.12. The quantitative estimate of drug-likeness (QED) is 0.179. The molecule has 0 heterocycles. The Balaban J connectivity index is 4.15. The van der Waals surface area contributed by atoms with E-state index in [4.69, 9.17) is 9.84 Å². The fourth-order valence-corrected chi connectivity index (χ4v) is 3.49. The highest BCUT2D eigenvalue weighted by Gasteiger charge is 2.30. The molecule has 0 unspecified atom stereocenters. The van der Waals surface area contributed by atoms with Crippen molar-refractivity contribution >= 4 is 0 Å². The van der Waals surface area contributed by atoms with E-state index in [0.29, 0.717) is 6.61 Å². The van der Waals surface area contributed by atoms with Crippen LogP contribution in [0.15, 0.2) is 0 Å². The topological polar surface area (TPSA) is 114 Å². The molecule has 5 N–H and O–H groups in total. The van der Waals surface area contributed by atoms with Crippen LogP contribution in [-0.4, -0.2) is 94.8 Å². The number of aliphatic hydroxyl groups is 5. The zero-order chi connectivity index (χ0) is 21.9. The maximum Gasteiger partial charge on any atom is 0.111 e. The van der Waals surface area contributed by atoms with Gasteiger partial charge in [-0.05, 0) is 19.4 Å². The van der Waals surface area contributed by atoms with E-state index in [-0.39, 0.29) is 6.54 Å². The van der Waals surface area contributed by atoms with Gasteiger partial charge in [-0.2, -0.15) is 0 Å². The van der Waals surface area contributed by atoms with Crippen LogP contribution in [0.3, 0.4) is 0 Å². The molecule has 0 aliphatic carbocycles. The largest absolute Gasteiger partial charge is 0.394 e. The lowest BCUT2D eigenvalue weighted by atomic mass is 10.0. The van der Waals surface area contributed by atoms with E-state index in [0.717, 1.165) is 32.4 Å². The molecule has 7 nitrogen and oxygen atoms in total. The first-order chi connectivity index (χ1) is 14.0. The number of aliphatic hydroxyl groups excluding tert-OH is 5. The summed E-state index contributed by atoms with van der Waals surface area (Å²) in [5, 5.41) is 48.4. The monoisotopic (exact) mass is 421 g/mol. The van der Waals surface area contributed by atoms with Gasteiger partial charge in [-0.3, -0.25) is 0 Å². The minimum Gasteiger partial charge on any atom is -0.394 e. The van der Waals surface area contributed by atoms with E-state index in [2.05, 4.69) is 11.8 Å². The number of hydrogen-bond donors (Lipinski definition) is 5.